The van der Waals surface area contributed by atoms with Crippen LogP contribution in [0.2, 0.25) is 5.02 Å². The van der Waals surface area contributed by atoms with Crippen LogP contribution in [0.15, 0.2) is 29.3 Å². The maximum absolute atomic E-state index is 5.92. The molecule has 1 aromatic rings. The lowest BCUT2D eigenvalue weighted by atomic mass is 10.2. The Morgan fingerprint density at radius 3 is 2.39 bits per heavy atom. The van der Waals surface area contributed by atoms with Crippen molar-refractivity contribution in [1.82, 2.24) is 15.1 Å². The van der Waals surface area contributed by atoms with Crippen LogP contribution in [0.1, 0.15) is 32.3 Å². The van der Waals surface area contributed by atoms with Gasteiger partial charge in [-0.05, 0) is 58.0 Å². The first-order valence-corrected chi connectivity index (χ1v) is 8.68. The van der Waals surface area contributed by atoms with Gasteiger partial charge in [0.25, 0.3) is 0 Å². The van der Waals surface area contributed by atoms with Crippen LogP contribution in [0.5, 0.6) is 0 Å². The molecule has 0 radical (unpaired) electrons. The minimum absolute atomic E-state index is 0.612. The number of hydrogen-bond acceptors (Lipinski definition) is 2. The minimum Gasteiger partial charge on any atom is -0.356 e. The van der Waals surface area contributed by atoms with Crippen molar-refractivity contribution in [2.45, 2.75) is 39.3 Å². The van der Waals surface area contributed by atoms with Gasteiger partial charge in [0.1, 0.15) is 0 Å². The molecular weight excluding hydrogens is 308 g/mol. The fourth-order valence-electron chi connectivity index (χ4n) is 2.27. The van der Waals surface area contributed by atoms with Crippen molar-refractivity contribution in [2.75, 3.05) is 34.2 Å². The molecule has 0 atom stereocenters. The predicted molar refractivity (Wildman–Crippen MR) is 101 cm³/mol. The SMILES string of the molecule is CN=C(NCCCCN(C)C(C)C)N(C)Cc1ccc(Cl)cc1. The summed E-state index contributed by atoms with van der Waals surface area (Å²) in [4.78, 5) is 8.86. The van der Waals surface area contributed by atoms with Crippen molar-refractivity contribution < 1.29 is 0 Å². The number of nitrogens with one attached hydrogen (secondary N) is 1. The van der Waals surface area contributed by atoms with E-state index in [1.165, 1.54) is 12.0 Å². The largest absolute Gasteiger partial charge is 0.356 e. The summed E-state index contributed by atoms with van der Waals surface area (Å²) in [5.41, 5.74) is 1.22. The maximum Gasteiger partial charge on any atom is 0.193 e. The van der Waals surface area contributed by atoms with E-state index >= 15 is 0 Å². The summed E-state index contributed by atoms with van der Waals surface area (Å²) in [6, 6.07) is 8.56. The molecule has 0 amide bonds. The van der Waals surface area contributed by atoms with Crippen molar-refractivity contribution in [3.63, 3.8) is 0 Å². The number of rotatable bonds is 8. The van der Waals surface area contributed by atoms with Crippen LogP contribution >= 0.6 is 11.6 Å². The second kappa shape index (κ2) is 10.5. The summed E-state index contributed by atoms with van der Waals surface area (Å²) >= 11 is 5.92. The van der Waals surface area contributed by atoms with Crippen LogP contribution in [0.4, 0.5) is 0 Å². The lowest BCUT2D eigenvalue weighted by Crippen LogP contribution is -2.39. The quantitative estimate of drug-likeness (QED) is 0.447. The molecule has 0 aromatic heterocycles. The van der Waals surface area contributed by atoms with Crippen LogP contribution in [-0.4, -0.2) is 56.0 Å². The summed E-state index contributed by atoms with van der Waals surface area (Å²) in [5.74, 6) is 0.928. The van der Waals surface area contributed by atoms with Gasteiger partial charge < -0.3 is 15.1 Å². The Morgan fingerprint density at radius 2 is 1.83 bits per heavy atom. The van der Waals surface area contributed by atoms with Gasteiger partial charge in [0, 0.05) is 38.2 Å². The Kier molecular flexibility index (Phi) is 9.03. The smallest absolute Gasteiger partial charge is 0.193 e. The van der Waals surface area contributed by atoms with E-state index in [0.717, 1.165) is 37.0 Å². The average molecular weight is 339 g/mol. The summed E-state index contributed by atoms with van der Waals surface area (Å²) in [5, 5.41) is 4.20. The number of guanidine groups is 1. The predicted octanol–water partition coefficient (Wildman–Crippen LogP) is 3.47. The third-order valence-electron chi connectivity index (χ3n) is 4.01. The molecule has 0 spiro atoms. The van der Waals surface area contributed by atoms with E-state index < -0.39 is 0 Å². The first kappa shape index (κ1) is 19.8. The van der Waals surface area contributed by atoms with Crippen LogP contribution in [0.25, 0.3) is 0 Å². The molecule has 130 valence electrons. The molecule has 1 aromatic carbocycles. The van der Waals surface area contributed by atoms with Gasteiger partial charge in [-0.2, -0.15) is 0 Å². The molecule has 0 saturated heterocycles. The van der Waals surface area contributed by atoms with E-state index in [9.17, 15) is 0 Å². The molecule has 5 heteroatoms. The summed E-state index contributed by atoms with van der Waals surface area (Å²) in [6.45, 7) is 7.35. The second-order valence-electron chi connectivity index (χ2n) is 6.24. The third kappa shape index (κ3) is 7.71. The topological polar surface area (TPSA) is 30.9 Å². The molecule has 4 nitrogen and oxygen atoms in total. The number of benzene rings is 1. The van der Waals surface area contributed by atoms with E-state index in [1.807, 2.05) is 31.3 Å². The van der Waals surface area contributed by atoms with Gasteiger partial charge in [-0.3, -0.25) is 4.99 Å². The Bertz CT molecular complexity index is 470. The van der Waals surface area contributed by atoms with Crippen LogP contribution in [-0.2, 0) is 6.54 Å². The first-order chi connectivity index (χ1) is 10.9. The van der Waals surface area contributed by atoms with Gasteiger partial charge in [-0.25, -0.2) is 0 Å². The molecular formula is C18H31ClN4. The molecule has 0 fully saturated rings. The highest BCUT2D eigenvalue weighted by Gasteiger charge is 2.07. The highest BCUT2D eigenvalue weighted by Crippen LogP contribution is 2.11. The molecule has 0 bridgehead atoms. The van der Waals surface area contributed by atoms with E-state index in [2.05, 4.69) is 48.1 Å². The highest BCUT2D eigenvalue weighted by atomic mass is 35.5. The zero-order valence-corrected chi connectivity index (χ0v) is 15.9. The van der Waals surface area contributed by atoms with Crippen LogP contribution in [0, 0.1) is 0 Å². The zero-order chi connectivity index (χ0) is 17.2. The molecule has 0 aliphatic rings. The lowest BCUT2D eigenvalue weighted by Gasteiger charge is -2.23. The van der Waals surface area contributed by atoms with Crippen molar-refractivity contribution >= 4 is 17.6 Å². The van der Waals surface area contributed by atoms with Gasteiger partial charge >= 0.3 is 0 Å². The van der Waals surface area contributed by atoms with Gasteiger partial charge in [-0.1, -0.05) is 23.7 Å². The van der Waals surface area contributed by atoms with Crippen molar-refractivity contribution in [1.29, 1.82) is 0 Å². The maximum atomic E-state index is 5.92. The molecule has 1 rings (SSSR count). The molecule has 0 heterocycles. The first-order valence-electron chi connectivity index (χ1n) is 8.30. The summed E-state index contributed by atoms with van der Waals surface area (Å²) < 4.78 is 0. The molecule has 0 unspecified atom stereocenters. The summed E-state index contributed by atoms with van der Waals surface area (Å²) in [7, 11) is 6.06. The number of nitrogens with zero attached hydrogens (tertiary/aromatic N) is 3. The van der Waals surface area contributed by atoms with Crippen molar-refractivity contribution in [3.05, 3.63) is 34.9 Å². The second-order valence-corrected chi connectivity index (χ2v) is 6.67. The monoisotopic (exact) mass is 338 g/mol. The Hall–Kier alpha value is -1.26. The van der Waals surface area contributed by atoms with Gasteiger partial charge in [0.05, 0.1) is 0 Å². The lowest BCUT2D eigenvalue weighted by molar-refractivity contribution is 0.268. The van der Waals surface area contributed by atoms with Gasteiger partial charge in [0.15, 0.2) is 5.96 Å². The average Bonchev–Trinajstić information content (AvgIpc) is 2.52. The Balaban J connectivity index is 2.31. The molecule has 23 heavy (non-hydrogen) atoms. The van der Waals surface area contributed by atoms with Gasteiger partial charge in [-0.15, -0.1) is 0 Å². The third-order valence-corrected chi connectivity index (χ3v) is 4.26. The van der Waals surface area contributed by atoms with Crippen LogP contribution in [0.3, 0.4) is 0 Å². The molecule has 1 N–H and O–H groups in total. The van der Waals surface area contributed by atoms with E-state index in [-0.39, 0.29) is 0 Å². The van der Waals surface area contributed by atoms with E-state index in [1.54, 1.807) is 0 Å². The molecule has 0 aliphatic carbocycles. The fourth-order valence-corrected chi connectivity index (χ4v) is 2.39. The van der Waals surface area contributed by atoms with Crippen molar-refractivity contribution in [2.24, 2.45) is 4.99 Å². The van der Waals surface area contributed by atoms with E-state index in [0.29, 0.717) is 6.04 Å². The number of aliphatic imine (C=N–C) groups is 1. The normalized spacial score (nSPS) is 12.1. The Morgan fingerprint density at radius 1 is 1.17 bits per heavy atom. The number of halogens is 1. The Labute approximate surface area is 146 Å². The molecule has 0 saturated carbocycles. The fraction of sp³-hybridized carbons (Fsp3) is 0.611. The number of unbranched alkanes of at least 4 members (excludes halogenated alkanes) is 1. The highest BCUT2D eigenvalue weighted by molar-refractivity contribution is 6.30. The van der Waals surface area contributed by atoms with Crippen LogP contribution < -0.4 is 5.32 Å². The van der Waals surface area contributed by atoms with Gasteiger partial charge in [0.2, 0.25) is 0 Å². The van der Waals surface area contributed by atoms with Crippen molar-refractivity contribution in [3.8, 4) is 0 Å². The zero-order valence-electron chi connectivity index (χ0n) is 15.1. The minimum atomic E-state index is 0.612. The number of hydrogen-bond donors (Lipinski definition) is 1. The standard InChI is InChI=1S/C18H31ClN4/c1-15(2)22(4)13-7-6-12-21-18(20-3)23(5)14-16-8-10-17(19)11-9-16/h8-11,15H,6-7,12-14H2,1-5H3,(H,20,21). The summed E-state index contributed by atoms with van der Waals surface area (Å²) in [6.07, 6.45) is 2.34. The van der Waals surface area contributed by atoms with E-state index in [4.69, 9.17) is 11.6 Å². The molecule has 0 aliphatic heterocycles.